The maximum absolute atomic E-state index is 13.9. The van der Waals surface area contributed by atoms with Crippen LogP contribution in [-0.2, 0) is 7.05 Å². The minimum absolute atomic E-state index is 0.0462. The minimum Gasteiger partial charge on any atom is -0.486 e. The maximum atomic E-state index is 13.9. The third-order valence-corrected chi connectivity index (χ3v) is 7.12. The van der Waals surface area contributed by atoms with Crippen LogP contribution in [-0.4, -0.2) is 34.8 Å². The third-order valence-electron chi connectivity index (χ3n) is 7.12. The Morgan fingerprint density at radius 2 is 2.03 bits per heavy atom. The van der Waals surface area contributed by atoms with Gasteiger partial charge in [0, 0.05) is 47.8 Å². The molecule has 2 aromatic heterocycles. The average molecular weight is 446 g/mol. The van der Waals surface area contributed by atoms with Crippen molar-refractivity contribution >= 4 is 21.8 Å². The molecule has 0 spiro atoms. The van der Waals surface area contributed by atoms with Crippen molar-refractivity contribution in [3.05, 3.63) is 65.7 Å². The lowest BCUT2D eigenvalue weighted by Crippen LogP contribution is -2.41. The zero-order valence-corrected chi connectivity index (χ0v) is 19.0. The van der Waals surface area contributed by atoms with E-state index in [-0.39, 0.29) is 11.9 Å². The van der Waals surface area contributed by atoms with Crippen LogP contribution >= 0.6 is 0 Å². The molecule has 0 unspecified atom stereocenters. The van der Waals surface area contributed by atoms with E-state index < -0.39 is 0 Å². The van der Waals surface area contributed by atoms with E-state index in [4.69, 9.17) is 9.47 Å². The summed E-state index contributed by atoms with van der Waals surface area (Å²) in [6.45, 7) is 3.26. The highest BCUT2D eigenvalue weighted by atomic mass is 19.1. The predicted octanol–water partition coefficient (Wildman–Crippen LogP) is 5.24. The molecule has 5 nitrogen and oxygen atoms in total. The van der Waals surface area contributed by atoms with Gasteiger partial charge in [-0.05, 0) is 80.1 Å². The van der Waals surface area contributed by atoms with Gasteiger partial charge in [0.1, 0.15) is 18.5 Å². The second-order valence-electron chi connectivity index (χ2n) is 9.43. The number of pyridine rings is 1. The smallest absolute Gasteiger partial charge is 0.171 e. The van der Waals surface area contributed by atoms with Crippen molar-refractivity contribution < 1.29 is 13.9 Å². The molecule has 6 heteroatoms. The van der Waals surface area contributed by atoms with Crippen LogP contribution in [0.4, 0.5) is 4.39 Å². The number of aromatic nitrogens is 2. The van der Waals surface area contributed by atoms with Crippen molar-refractivity contribution in [2.24, 2.45) is 7.05 Å². The number of hydrogen-bond donors (Lipinski definition) is 1. The molecule has 3 heterocycles. The van der Waals surface area contributed by atoms with Crippen molar-refractivity contribution in [1.82, 2.24) is 14.9 Å². The van der Waals surface area contributed by atoms with E-state index in [1.807, 2.05) is 38.2 Å². The van der Waals surface area contributed by atoms with E-state index in [1.54, 1.807) is 6.07 Å². The topological polar surface area (TPSA) is 48.3 Å². The van der Waals surface area contributed by atoms with E-state index in [2.05, 4.69) is 27.1 Å². The van der Waals surface area contributed by atoms with Gasteiger partial charge < -0.3 is 19.4 Å². The van der Waals surface area contributed by atoms with Crippen LogP contribution in [0.15, 0.2) is 48.7 Å². The van der Waals surface area contributed by atoms with E-state index in [0.29, 0.717) is 18.6 Å². The van der Waals surface area contributed by atoms with E-state index in [0.717, 1.165) is 64.8 Å². The van der Waals surface area contributed by atoms with Gasteiger partial charge in [-0.15, -0.1) is 0 Å². The van der Waals surface area contributed by atoms with E-state index >= 15 is 0 Å². The van der Waals surface area contributed by atoms with Crippen molar-refractivity contribution in [1.29, 1.82) is 0 Å². The standard InChI is InChI=1S/C27H28FN3O2/c1-16-3-7-21-24(30-16)8-10-26-27(21)33-20(15-32-26)13-29-19-6-4-17(11-19)23-14-31(2)25-9-5-18(28)12-22(23)25/h3,5,7-10,12,14,17,19-20,29H,4,6,11,13,15H2,1-2H3/t17-,19-,20-/m0/s1. The van der Waals surface area contributed by atoms with Crippen LogP contribution in [0.3, 0.4) is 0 Å². The largest absolute Gasteiger partial charge is 0.486 e. The summed E-state index contributed by atoms with van der Waals surface area (Å²) in [5.41, 5.74) is 4.26. The van der Waals surface area contributed by atoms with Crippen LogP contribution < -0.4 is 14.8 Å². The predicted molar refractivity (Wildman–Crippen MR) is 128 cm³/mol. The van der Waals surface area contributed by atoms with Crippen LogP contribution in [0, 0.1) is 12.7 Å². The Morgan fingerprint density at radius 1 is 1.12 bits per heavy atom. The van der Waals surface area contributed by atoms with Gasteiger partial charge >= 0.3 is 0 Å². The number of nitrogens with one attached hydrogen (secondary N) is 1. The number of fused-ring (bicyclic) bond motifs is 4. The minimum atomic E-state index is -0.171. The number of halogens is 1. The van der Waals surface area contributed by atoms with Crippen LogP contribution in [0.25, 0.3) is 21.8 Å². The average Bonchev–Trinajstić information content (AvgIpc) is 3.41. The first-order valence-electron chi connectivity index (χ1n) is 11.7. The Labute approximate surface area is 192 Å². The normalized spacial score (nSPS) is 22.3. The quantitative estimate of drug-likeness (QED) is 0.467. The SMILES string of the molecule is Cc1ccc2c3c(ccc2n1)OC[C@H](CN[C@H]1CC[C@H](c2cn(C)c4ccc(F)cc24)C1)O3. The molecular weight excluding hydrogens is 417 g/mol. The van der Waals surface area contributed by atoms with Gasteiger partial charge in [0.15, 0.2) is 11.5 Å². The summed E-state index contributed by atoms with van der Waals surface area (Å²) in [6.07, 6.45) is 5.38. The molecule has 0 radical (unpaired) electrons. The Bertz CT molecular complexity index is 1350. The Hall–Kier alpha value is -3.12. The molecule has 4 aromatic rings. The van der Waals surface area contributed by atoms with Gasteiger partial charge in [-0.1, -0.05) is 0 Å². The summed E-state index contributed by atoms with van der Waals surface area (Å²) < 4.78 is 28.4. The molecule has 1 N–H and O–H groups in total. The molecule has 0 saturated heterocycles. The Balaban J connectivity index is 1.13. The molecule has 1 aliphatic carbocycles. The number of rotatable bonds is 4. The second kappa shape index (κ2) is 8.03. The highest BCUT2D eigenvalue weighted by Crippen LogP contribution is 2.40. The zero-order chi connectivity index (χ0) is 22.5. The van der Waals surface area contributed by atoms with E-state index in [1.165, 1.54) is 11.6 Å². The summed E-state index contributed by atoms with van der Waals surface area (Å²) >= 11 is 0. The molecule has 1 fully saturated rings. The first-order valence-corrected chi connectivity index (χ1v) is 11.7. The fourth-order valence-electron chi connectivity index (χ4n) is 5.45. The lowest BCUT2D eigenvalue weighted by atomic mass is 9.97. The van der Waals surface area contributed by atoms with Crippen molar-refractivity contribution in [3.8, 4) is 11.5 Å². The number of nitrogens with zero attached hydrogens (tertiary/aromatic N) is 2. The van der Waals surface area contributed by atoms with Gasteiger partial charge in [-0.3, -0.25) is 4.98 Å². The maximum Gasteiger partial charge on any atom is 0.171 e. The molecule has 6 rings (SSSR count). The lowest BCUT2D eigenvalue weighted by Gasteiger charge is -2.28. The van der Waals surface area contributed by atoms with Crippen LogP contribution in [0.1, 0.15) is 36.4 Å². The molecule has 1 saturated carbocycles. The summed E-state index contributed by atoms with van der Waals surface area (Å²) in [6, 6.07) is 13.5. The fourth-order valence-corrected chi connectivity index (χ4v) is 5.45. The lowest BCUT2D eigenvalue weighted by molar-refractivity contribution is 0.0902. The van der Waals surface area contributed by atoms with Gasteiger partial charge in [-0.25, -0.2) is 4.39 Å². The van der Waals surface area contributed by atoms with Crippen LogP contribution in [0.5, 0.6) is 11.5 Å². The summed E-state index contributed by atoms with van der Waals surface area (Å²) in [5, 5.41) is 5.74. The Kier molecular flexibility index (Phi) is 4.98. The summed E-state index contributed by atoms with van der Waals surface area (Å²) in [7, 11) is 2.03. The van der Waals surface area contributed by atoms with E-state index in [9.17, 15) is 4.39 Å². The second-order valence-corrected chi connectivity index (χ2v) is 9.43. The van der Waals surface area contributed by atoms with Crippen LogP contribution in [0.2, 0.25) is 0 Å². The van der Waals surface area contributed by atoms with Crippen molar-refractivity contribution in [3.63, 3.8) is 0 Å². The fraction of sp³-hybridized carbons (Fsp3) is 0.370. The first kappa shape index (κ1) is 20.5. The molecule has 1 aliphatic heterocycles. The number of ether oxygens (including phenoxy) is 2. The first-order chi connectivity index (χ1) is 16.0. The van der Waals surface area contributed by atoms with Crippen molar-refractivity contribution in [2.45, 2.75) is 44.2 Å². The molecule has 33 heavy (non-hydrogen) atoms. The molecule has 0 bridgehead atoms. The summed E-state index contributed by atoms with van der Waals surface area (Å²) in [4.78, 5) is 4.61. The third kappa shape index (κ3) is 3.72. The van der Waals surface area contributed by atoms with Gasteiger partial charge in [0.05, 0.1) is 5.52 Å². The van der Waals surface area contributed by atoms with Gasteiger partial charge in [0.25, 0.3) is 0 Å². The molecular formula is C27H28FN3O2. The highest BCUT2D eigenvalue weighted by molar-refractivity contribution is 5.88. The molecule has 3 atom stereocenters. The number of benzene rings is 2. The highest BCUT2D eigenvalue weighted by Gasteiger charge is 2.30. The van der Waals surface area contributed by atoms with Gasteiger partial charge in [-0.2, -0.15) is 0 Å². The molecule has 170 valence electrons. The number of hydrogen-bond acceptors (Lipinski definition) is 4. The Morgan fingerprint density at radius 3 is 2.94 bits per heavy atom. The van der Waals surface area contributed by atoms with Crippen molar-refractivity contribution in [2.75, 3.05) is 13.2 Å². The molecule has 2 aromatic carbocycles. The molecule has 0 amide bonds. The zero-order valence-electron chi connectivity index (χ0n) is 19.0. The number of aryl methyl sites for hydroxylation is 2. The molecule has 2 aliphatic rings. The summed E-state index contributed by atoms with van der Waals surface area (Å²) in [5.74, 6) is 1.85. The van der Waals surface area contributed by atoms with Gasteiger partial charge in [0.2, 0.25) is 0 Å². The monoisotopic (exact) mass is 445 g/mol.